The topological polar surface area (TPSA) is 72.2 Å². The summed E-state index contributed by atoms with van der Waals surface area (Å²) in [5.41, 5.74) is -0.186. The first-order valence-electron chi connectivity index (χ1n) is 6.80. The smallest absolute Gasteiger partial charge is 0.282 e. The van der Waals surface area contributed by atoms with Gasteiger partial charge in [0, 0.05) is 17.6 Å². The second kappa shape index (κ2) is 6.70. The Hall–Kier alpha value is -1.62. The average Bonchev–Trinajstić information content (AvgIpc) is 2.45. The van der Waals surface area contributed by atoms with E-state index in [1.54, 1.807) is 0 Å². The Balaban J connectivity index is 2.04. The lowest BCUT2D eigenvalue weighted by molar-refractivity contribution is -0.385. The highest BCUT2D eigenvalue weighted by atomic mass is 35.5. The van der Waals surface area contributed by atoms with Gasteiger partial charge < -0.3 is 5.32 Å². The van der Waals surface area contributed by atoms with E-state index in [9.17, 15) is 14.9 Å². The standard InChI is InChI=1S/C14H17ClN2O3/c15-11-6-7-13(17(19)20)12(8-11)14(18)16-9-10-4-2-1-3-5-10/h6-8,10H,1-5,9H2,(H,16,18). The van der Waals surface area contributed by atoms with Crippen LogP contribution in [0.5, 0.6) is 0 Å². The predicted octanol–water partition coefficient (Wildman–Crippen LogP) is 3.56. The number of carbonyl (C=O) groups is 1. The molecule has 2 rings (SSSR count). The van der Waals surface area contributed by atoms with Crippen LogP contribution in [-0.2, 0) is 0 Å². The number of nitrogens with zero attached hydrogens (tertiary/aromatic N) is 1. The summed E-state index contributed by atoms with van der Waals surface area (Å²) in [4.78, 5) is 22.5. The van der Waals surface area contributed by atoms with Crippen molar-refractivity contribution in [1.82, 2.24) is 5.32 Å². The number of carbonyl (C=O) groups excluding carboxylic acids is 1. The second-order valence-electron chi connectivity index (χ2n) is 5.13. The summed E-state index contributed by atoms with van der Waals surface area (Å²) in [6, 6.07) is 4.02. The molecule has 0 spiro atoms. The molecule has 1 aromatic carbocycles. The van der Waals surface area contributed by atoms with Gasteiger partial charge in [0.15, 0.2) is 0 Å². The van der Waals surface area contributed by atoms with Gasteiger partial charge in [-0.2, -0.15) is 0 Å². The number of nitro groups is 1. The van der Waals surface area contributed by atoms with Gasteiger partial charge in [0.1, 0.15) is 5.56 Å². The zero-order valence-corrected chi connectivity index (χ0v) is 11.9. The number of benzene rings is 1. The van der Waals surface area contributed by atoms with Crippen LogP contribution in [0.25, 0.3) is 0 Å². The van der Waals surface area contributed by atoms with Gasteiger partial charge in [0.2, 0.25) is 0 Å². The van der Waals surface area contributed by atoms with Crippen LogP contribution >= 0.6 is 11.6 Å². The van der Waals surface area contributed by atoms with Crippen LogP contribution in [-0.4, -0.2) is 17.4 Å². The third-order valence-corrected chi connectivity index (χ3v) is 3.91. The van der Waals surface area contributed by atoms with Crippen LogP contribution < -0.4 is 5.32 Å². The van der Waals surface area contributed by atoms with Crippen molar-refractivity contribution in [3.8, 4) is 0 Å². The van der Waals surface area contributed by atoms with Crippen LogP contribution in [0.2, 0.25) is 5.02 Å². The fourth-order valence-electron chi connectivity index (χ4n) is 2.57. The molecule has 0 unspecified atom stereocenters. The molecule has 1 saturated carbocycles. The highest BCUT2D eigenvalue weighted by Gasteiger charge is 2.21. The van der Waals surface area contributed by atoms with E-state index in [2.05, 4.69) is 5.32 Å². The van der Waals surface area contributed by atoms with Crippen LogP contribution in [0.1, 0.15) is 42.5 Å². The van der Waals surface area contributed by atoms with Gasteiger partial charge in [-0.25, -0.2) is 0 Å². The maximum Gasteiger partial charge on any atom is 0.282 e. The normalized spacial score (nSPS) is 15.8. The fraction of sp³-hybridized carbons (Fsp3) is 0.500. The molecular formula is C14H17ClN2O3. The summed E-state index contributed by atoms with van der Waals surface area (Å²) in [5, 5.41) is 14.0. The van der Waals surface area contributed by atoms with E-state index in [1.165, 1.54) is 37.5 Å². The Morgan fingerprint density at radius 1 is 1.35 bits per heavy atom. The van der Waals surface area contributed by atoms with Gasteiger partial charge in [-0.05, 0) is 30.9 Å². The molecule has 1 N–H and O–H groups in total. The Bertz CT molecular complexity index is 513. The summed E-state index contributed by atoms with van der Waals surface area (Å²) in [6.07, 6.45) is 5.86. The highest BCUT2D eigenvalue weighted by Crippen LogP contribution is 2.24. The van der Waals surface area contributed by atoms with Crippen molar-refractivity contribution < 1.29 is 9.72 Å². The lowest BCUT2D eigenvalue weighted by Crippen LogP contribution is -2.30. The highest BCUT2D eigenvalue weighted by molar-refractivity contribution is 6.31. The minimum absolute atomic E-state index is 0.0262. The predicted molar refractivity (Wildman–Crippen MR) is 77.0 cm³/mol. The number of amides is 1. The number of rotatable bonds is 4. The van der Waals surface area contributed by atoms with Gasteiger partial charge in [-0.15, -0.1) is 0 Å². The third-order valence-electron chi connectivity index (χ3n) is 3.68. The van der Waals surface area contributed by atoms with Gasteiger partial charge in [0.25, 0.3) is 11.6 Å². The molecule has 0 aliphatic heterocycles. The molecule has 1 aromatic rings. The zero-order valence-electron chi connectivity index (χ0n) is 11.1. The van der Waals surface area contributed by atoms with Crippen LogP contribution in [0, 0.1) is 16.0 Å². The molecule has 6 heteroatoms. The van der Waals surface area contributed by atoms with E-state index in [-0.39, 0.29) is 11.3 Å². The Kier molecular flexibility index (Phi) is 4.95. The molecule has 0 atom stereocenters. The molecule has 0 aromatic heterocycles. The second-order valence-corrected chi connectivity index (χ2v) is 5.57. The Morgan fingerprint density at radius 2 is 2.05 bits per heavy atom. The summed E-state index contributed by atoms with van der Waals surface area (Å²) in [6.45, 7) is 0.572. The molecule has 0 saturated heterocycles. The maximum absolute atomic E-state index is 12.1. The molecule has 0 bridgehead atoms. The minimum atomic E-state index is -0.564. The maximum atomic E-state index is 12.1. The molecule has 1 amide bonds. The van der Waals surface area contributed by atoms with Gasteiger partial charge >= 0.3 is 0 Å². The number of halogens is 1. The van der Waals surface area contributed by atoms with Crippen molar-refractivity contribution in [3.05, 3.63) is 38.9 Å². The Morgan fingerprint density at radius 3 is 2.70 bits per heavy atom. The van der Waals surface area contributed by atoms with Crippen LogP contribution in [0.3, 0.4) is 0 Å². The van der Waals surface area contributed by atoms with Gasteiger partial charge in [0.05, 0.1) is 4.92 Å². The summed E-state index contributed by atoms with van der Waals surface area (Å²) in [5.74, 6) is 0.0516. The summed E-state index contributed by atoms with van der Waals surface area (Å²) < 4.78 is 0. The summed E-state index contributed by atoms with van der Waals surface area (Å²) in [7, 11) is 0. The fourth-order valence-corrected chi connectivity index (χ4v) is 2.74. The molecule has 1 aliphatic carbocycles. The lowest BCUT2D eigenvalue weighted by Gasteiger charge is -2.21. The van der Waals surface area contributed by atoms with E-state index in [1.807, 2.05) is 0 Å². The molecular weight excluding hydrogens is 280 g/mol. The molecule has 20 heavy (non-hydrogen) atoms. The first-order valence-corrected chi connectivity index (χ1v) is 7.18. The van der Waals surface area contributed by atoms with Crippen LogP contribution in [0.4, 0.5) is 5.69 Å². The Labute approximate surface area is 122 Å². The first-order chi connectivity index (χ1) is 9.58. The molecule has 5 nitrogen and oxygen atoms in total. The van der Waals surface area contributed by atoms with Crippen molar-refractivity contribution in [2.75, 3.05) is 6.54 Å². The zero-order chi connectivity index (χ0) is 14.5. The molecule has 108 valence electrons. The number of hydrogen-bond donors (Lipinski definition) is 1. The van der Waals surface area contributed by atoms with E-state index in [0.29, 0.717) is 17.5 Å². The van der Waals surface area contributed by atoms with Crippen molar-refractivity contribution >= 4 is 23.2 Å². The number of nitrogens with one attached hydrogen (secondary N) is 1. The van der Waals surface area contributed by atoms with Crippen molar-refractivity contribution in [3.63, 3.8) is 0 Å². The molecule has 1 aliphatic rings. The van der Waals surface area contributed by atoms with E-state index in [0.717, 1.165) is 12.8 Å². The van der Waals surface area contributed by atoms with Crippen molar-refractivity contribution in [1.29, 1.82) is 0 Å². The van der Waals surface area contributed by atoms with Gasteiger partial charge in [-0.1, -0.05) is 30.9 Å². The average molecular weight is 297 g/mol. The third kappa shape index (κ3) is 3.70. The lowest BCUT2D eigenvalue weighted by atomic mass is 9.89. The largest absolute Gasteiger partial charge is 0.352 e. The van der Waals surface area contributed by atoms with E-state index >= 15 is 0 Å². The SMILES string of the molecule is O=C(NCC1CCCCC1)c1cc(Cl)ccc1[N+](=O)[O-]. The van der Waals surface area contributed by atoms with E-state index in [4.69, 9.17) is 11.6 Å². The molecule has 1 fully saturated rings. The first kappa shape index (κ1) is 14.8. The number of nitro benzene ring substituents is 1. The van der Waals surface area contributed by atoms with Crippen LogP contribution in [0.15, 0.2) is 18.2 Å². The monoisotopic (exact) mass is 296 g/mol. The van der Waals surface area contributed by atoms with Crippen molar-refractivity contribution in [2.45, 2.75) is 32.1 Å². The number of hydrogen-bond acceptors (Lipinski definition) is 3. The molecule has 0 heterocycles. The van der Waals surface area contributed by atoms with E-state index < -0.39 is 10.8 Å². The summed E-state index contributed by atoms with van der Waals surface area (Å²) >= 11 is 5.81. The van der Waals surface area contributed by atoms with Gasteiger partial charge in [-0.3, -0.25) is 14.9 Å². The van der Waals surface area contributed by atoms with Crippen molar-refractivity contribution in [2.24, 2.45) is 5.92 Å². The quantitative estimate of drug-likeness (QED) is 0.682. The minimum Gasteiger partial charge on any atom is -0.352 e. The molecule has 0 radical (unpaired) electrons.